The molecule has 0 aliphatic carbocycles. The van der Waals surface area contributed by atoms with E-state index in [9.17, 15) is 4.79 Å². The van der Waals surface area contributed by atoms with Crippen molar-refractivity contribution in [2.24, 2.45) is 0 Å². The number of carbonyl (C=O) groups is 1. The molecule has 1 N–H and O–H groups in total. The molecule has 3 rings (SSSR count). The lowest BCUT2D eigenvalue weighted by molar-refractivity contribution is 0.0948. The van der Waals surface area contributed by atoms with Crippen LogP contribution in [-0.4, -0.2) is 25.7 Å². The zero-order valence-corrected chi connectivity index (χ0v) is 12.1. The first-order chi connectivity index (χ1) is 9.54. The average Bonchev–Trinajstić information content (AvgIpc) is 3.00. The lowest BCUT2D eigenvalue weighted by atomic mass is 10.2. The molecule has 0 saturated carbocycles. The number of fused-ring (bicyclic) bond motifs is 1. The topological polar surface area (TPSA) is 85.3 Å². The zero-order chi connectivity index (χ0) is 14.3. The lowest BCUT2D eigenvalue weighted by Crippen LogP contribution is -2.24. The van der Waals surface area contributed by atoms with Crippen LogP contribution in [0.1, 0.15) is 32.5 Å². The van der Waals surface area contributed by atoms with E-state index in [-0.39, 0.29) is 5.91 Å². The van der Waals surface area contributed by atoms with Crippen LogP contribution in [0.5, 0.6) is 0 Å². The molecule has 8 heteroatoms. The summed E-state index contributed by atoms with van der Waals surface area (Å²) >= 11 is 1.51. The van der Waals surface area contributed by atoms with E-state index in [1.165, 1.54) is 11.3 Å². The molecule has 0 bridgehead atoms. The van der Waals surface area contributed by atoms with Crippen LogP contribution >= 0.6 is 11.3 Å². The van der Waals surface area contributed by atoms with Gasteiger partial charge in [0.2, 0.25) is 4.96 Å². The Labute approximate surface area is 118 Å². The van der Waals surface area contributed by atoms with Crippen molar-refractivity contribution in [3.63, 3.8) is 0 Å². The summed E-state index contributed by atoms with van der Waals surface area (Å²) in [6.07, 6.45) is 1.81. The van der Waals surface area contributed by atoms with Crippen molar-refractivity contribution in [3.05, 3.63) is 33.9 Å². The molecule has 0 aliphatic heterocycles. The van der Waals surface area contributed by atoms with Gasteiger partial charge in [-0.25, -0.2) is 9.50 Å². The quantitative estimate of drug-likeness (QED) is 0.792. The number of aryl methyl sites for hydroxylation is 3. The Morgan fingerprint density at radius 3 is 2.90 bits per heavy atom. The normalized spacial score (nSPS) is 11.2. The molecule has 0 atom stereocenters. The molecule has 3 heterocycles. The maximum Gasteiger partial charge on any atom is 0.257 e. The van der Waals surface area contributed by atoms with Gasteiger partial charge in [-0.2, -0.15) is 5.10 Å². The highest BCUT2D eigenvalue weighted by Gasteiger charge is 2.17. The second-order valence-corrected chi connectivity index (χ2v) is 5.62. The summed E-state index contributed by atoms with van der Waals surface area (Å²) in [4.78, 5) is 17.3. The Morgan fingerprint density at radius 1 is 1.45 bits per heavy atom. The van der Waals surface area contributed by atoms with E-state index < -0.39 is 0 Å². The van der Waals surface area contributed by atoms with Crippen molar-refractivity contribution >= 4 is 22.2 Å². The number of aromatic nitrogens is 4. The SMILES string of the molecule is Cc1nn2cc(CNC(=O)c3c(C)noc3C)nc2s1. The second-order valence-electron chi connectivity index (χ2n) is 4.46. The number of rotatable bonds is 3. The van der Waals surface area contributed by atoms with E-state index in [1.807, 2.05) is 13.1 Å². The Morgan fingerprint density at radius 2 is 2.25 bits per heavy atom. The summed E-state index contributed by atoms with van der Waals surface area (Å²) in [6, 6.07) is 0. The van der Waals surface area contributed by atoms with Crippen molar-refractivity contribution in [3.8, 4) is 0 Å². The van der Waals surface area contributed by atoms with Crippen molar-refractivity contribution in [2.75, 3.05) is 0 Å². The van der Waals surface area contributed by atoms with Gasteiger partial charge < -0.3 is 9.84 Å². The van der Waals surface area contributed by atoms with Crippen LogP contribution < -0.4 is 5.32 Å². The third-order valence-corrected chi connectivity index (χ3v) is 3.72. The van der Waals surface area contributed by atoms with Crippen LogP contribution in [0.3, 0.4) is 0 Å². The van der Waals surface area contributed by atoms with E-state index >= 15 is 0 Å². The Balaban J connectivity index is 1.72. The maximum absolute atomic E-state index is 12.1. The highest BCUT2D eigenvalue weighted by molar-refractivity contribution is 7.16. The van der Waals surface area contributed by atoms with Gasteiger partial charge in [0.15, 0.2) is 0 Å². The number of imidazole rings is 1. The molecule has 104 valence electrons. The fourth-order valence-corrected chi connectivity index (χ4v) is 2.74. The van der Waals surface area contributed by atoms with Gasteiger partial charge in [-0.15, -0.1) is 0 Å². The molecule has 3 aromatic heterocycles. The van der Waals surface area contributed by atoms with E-state index in [0.29, 0.717) is 23.6 Å². The van der Waals surface area contributed by atoms with Gasteiger partial charge in [0, 0.05) is 0 Å². The first kappa shape index (κ1) is 12.8. The Kier molecular flexibility index (Phi) is 3.01. The molecule has 0 spiro atoms. The van der Waals surface area contributed by atoms with E-state index in [4.69, 9.17) is 4.52 Å². The van der Waals surface area contributed by atoms with Gasteiger partial charge in [0.1, 0.15) is 16.3 Å². The maximum atomic E-state index is 12.1. The fraction of sp³-hybridized carbons (Fsp3) is 0.333. The molecule has 0 aromatic carbocycles. The molecule has 1 amide bonds. The fourth-order valence-electron chi connectivity index (χ4n) is 2.00. The van der Waals surface area contributed by atoms with Crippen LogP contribution in [0, 0.1) is 20.8 Å². The van der Waals surface area contributed by atoms with Crippen molar-refractivity contribution < 1.29 is 9.32 Å². The summed E-state index contributed by atoms with van der Waals surface area (Å²) in [5.74, 6) is 0.310. The third kappa shape index (κ3) is 2.18. The van der Waals surface area contributed by atoms with Crippen LogP contribution in [0.15, 0.2) is 10.7 Å². The van der Waals surface area contributed by atoms with Gasteiger partial charge in [-0.3, -0.25) is 4.79 Å². The molecule has 0 radical (unpaired) electrons. The van der Waals surface area contributed by atoms with Crippen LogP contribution in [0.4, 0.5) is 0 Å². The number of hydrogen-bond acceptors (Lipinski definition) is 6. The molecule has 0 aliphatic rings. The molecule has 7 nitrogen and oxygen atoms in total. The first-order valence-corrected chi connectivity index (χ1v) is 6.89. The van der Waals surface area contributed by atoms with Crippen molar-refractivity contribution in [2.45, 2.75) is 27.3 Å². The van der Waals surface area contributed by atoms with Gasteiger partial charge >= 0.3 is 0 Å². The minimum atomic E-state index is -0.207. The van der Waals surface area contributed by atoms with Crippen LogP contribution in [-0.2, 0) is 6.54 Å². The number of nitrogens with one attached hydrogen (secondary N) is 1. The van der Waals surface area contributed by atoms with E-state index in [1.54, 1.807) is 18.4 Å². The summed E-state index contributed by atoms with van der Waals surface area (Å²) in [7, 11) is 0. The molecule has 0 saturated heterocycles. The lowest BCUT2D eigenvalue weighted by Gasteiger charge is -2.01. The predicted molar refractivity (Wildman–Crippen MR) is 72.7 cm³/mol. The Hall–Kier alpha value is -2.22. The predicted octanol–water partition coefficient (Wildman–Crippen LogP) is 1.63. The molecular weight excluding hydrogens is 278 g/mol. The first-order valence-electron chi connectivity index (χ1n) is 6.07. The van der Waals surface area contributed by atoms with Gasteiger partial charge in [0.25, 0.3) is 5.91 Å². The second kappa shape index (κ2) is 4.71. The van der Waals surface area contributed by atoms with E-state index in [0.717, 1.165) is 15.7 Å². The smallest absolute Gasteiger partial charge is 0.257 e. The Bertz CT molecular complexity index is 734. The number of carbonyl (C=O) groups excluding carboxylic acids is 1. The highest BCUT2D eigenvalue weighted by Crippen LogP contribution is 2.14. The van der Waals surface area contributed by atoms with Crippen molar-refractivity contribution in [1.82, 2.24) is 25.1 Å². The number of amides is 1. The van der Waals surface area contributed by atoms with Crippen LogP contribution in [0.2, 0.25) is 0 Å². The summed E-state index contributed by atoms with van der Waals surface area (Å²) in [5, 5.41) is 11.8. The van der Waals surface area contributed by atoms with Crippen LogP contribution in [0.25, 0.3) is 4.96 Å². The minimum Gasteiger partial charge on any atom is -0.361 e. The molecule has 20 heavy (non-hydrogen) atoms. The molecule has 3 aromatic rings. The highest BCUT2D eigenvalue weighted by atomic mass is 32.1. The summed E-state index contributed by atoms with van der Waals surface area (Å²) in [6.45, 7) is 5.73. The summed E-state index contributed by atoms with van der Waals surface area (Å²) in [5.41, 5.74) is 1.84. The third-order valence-electron chi connectivity index (χ3n) is 2.88. The molecule has 0 unspecified atom stereocenters. The van der Waals surface area contributed by atoms with Crippen molar-refractivity contribution in [1.29, 1.82) is 0 Å². The van der Waals surface area contributed by atoms with Gasteiger partial charge in [-0.05, 0) is 20.8 Å². The minimum absolute atomic E-state index is 0.207. The number of hydrogen-bond donors (Lipinski definition) is 1. The monoisotopic (exact) mass is 291 g/mol. The zero-order valence-electron chi connectivity index (χ0n) is 11.3. The van der Waals surface area contributed by atoms with E-state index in [2.05, 4.69) is 20.6 Å². The average molecular weight is 291 g/mol. The molecule has 0 fully saturated rings. The summed E-state index contributed by atoms with van der Waals surface area (Å²) < 4.78 is 6.70. The largest absolute Gasteiger partial charge is 0.361 e. The van der Waals surface area contributed by atoms with Gasteiger partial charge in [-0.1, -0.05) is 16.5 Å². The molecular formula is C12H13N5O2S. The standard InChI is InChI=1S/C12H13N5O2S/c1-6-10(7(2)19-16-6)11(18)13-4-9-5-17-12(14-9)20-8(3)15-17/h5H,4H2,1-3H3,(H,13,18). The van der Waals surface area contributed by atoms with Gasteiger partial charge in [0.05, 0.1) is 24.1 Å². The number of nitrogens with zero attached hydrogens (tertiary/aromatic N) is 4.